The molecule has 2 N–H and O–H groups in total. The maximum Gasteiger partial charge on any atom is 0.200 e. The van der Waals surface area contributed by atoms with Crippen LogP contribution in [0.15, 0.2) is 24.5 Å². The highest BCUT2D eigenvalue weighted by atomic mass is 15.6. The van der Waals surface area contributed by atoms with E-state index in [4.69, 9.17) is 0 Å². The molecular weight excluding hydrogens is 308 g/mol. The molecule has 1 fully saturated rings. The Morgan fingerprint density at radius 2 is 2.21 bits per heavy atom. The molecule has 10 nitrogen and oxygen atoms in total. The average Bonchev–Trinajstić information content (AvgIpc) is 3.28. The van der Waals surface area contributed by atoms with E-state index >= 15 is 0 Å². The van der Waals surface area contributed by atoms with Gasteiger partial charge in [-0.25, -0.2) is 9.97 Å². The topological polar surface area (TPSA) is 109 Å². The minimum absolute atomic E-state index is 0.357. The van der Waals surface area contributed by atoms with E-state index in [0.29, 0.717) is 11.7 Å². The second kappa shape index (κ2) is 6.22. The molecule has 1 saturated heterocycles. The van der Waals surface area contributed by atoms with Gasteiger partial charge >= 0.3 is 0 Å². The summed E-state index contributed by atoms with van der Waals surface area (Å²) in [5.41, 5.74) is 0.628. The van der Waals surface area contributed by atoms with Crippen molar-refractivity contribution in [3.63, 3.8) is 0 Å². The van der Waals surface area contributed by atoms with Crippen molar-refractivity contribution in [1.29, 1.82) is 0 Å². The smallest absolute Gasteiger partial charge is 0.200 e. The summed E-state index contributed by atoms with van der Waals surface area (Å²) >= 11 is 0. The fourth-order valence-electron chi connectivity index (χ4n) is 2.96. The summed E-state index contributed by atoms with van der Waals surface area (Å²) in [7, 11) is 1.86. The highest BCUT2D eigenvalue weighted by Crippen LogP contribution is 2.25. The molecule has 1 atom stereocenters. The Labute approximate surface area is 138 Å². The maximum absolute atomic E-state index is 4.41. The third-order valence-corrected chi connectivity index (χ3v) is 4.17. The fraction of sp³-hybridized carbons (Fsp3) is 0.429. The first kappa shape index (κ1) is 14.5. The molecule has 4 heterocycles. The Hall–Kier alpha value is -3.04. The predicted molar refractivity (Wildman–Crippen MR) is 89.0 cm³/mol. The normalized spacial score (nSPS) is 17.4. The largest absolute Gasteiger partial charge is 0.373 e. The zero-order valence-corrected chi connectivity index (χ0v) is 13.3. The Morgan fingerprint density at radius 1 is 1.25 bits per heavy atom. The standard InChI is InChI=1S/C14H18N10/c1-15-12-7-14(18-9-17-12)23-6-2-3-10(23)8-16-11-4-5-13-19-21-22-24(13)20-11/h4-5,7,9-10H,2-3,6,8H2,1H3,(H,16,20)(H,15,17,18)/t10-/m0/s1. The summed E-state index contributed by atoms with van der Waals surface area (Å²) in [5.74, 6) is 2.52. The number of hydrogen-bond donors (Lipinski definition) is 2. The van der Waals surface area contributed by atoms with Crippen molar-refractivity contribution in [2.75, 3.05) is 35.7 Å². The summed E-state index contributed by atoms with van der Waals surface area (Å²) in [6, 6.07) is 6.06. The van der Waals surface area contributed by atoms with E-state index in [9.17, 15) is 0 Å². The van der Waals surface area contributed by atoms with Crippen molar-refractivity contribution in [3.8, 4) is 0 Å². The van der Waals surface area contributed by atoms with Gasteiger partial charge in [-0.3, -0.25) is 0 Å². The lowest BCUT2D eigenvalue weighted by Gasteiger charge is -2.26. The Kier molecular flexibility index (Phi) is 3.77. The van der Waals surface area contributed by atoms with Crippen LogP contribution in [0.4, 0.5) is 17.5 Å². The van der Waals surface area contributed by atoms with Crippen LogP contribution in [0.25, 0.3) is 5.65 Å². The van der Waals surface area contributed by atoms with Gasteiger partial charge < -0.3 is 15.5 Å². The molecule has 1 aliphatic heterocycles. The summed E-state index contributed by atoms with van der Waals surface area (Å²) < 4.78 is 1.42. The second-order valence-electron chi connectivity index (χ2n) is 5.63. The van der Waals surface area contributed by atoms with Crippen LogP contribution in [-0.4, -0.2) is 61.4 Å². The van der Waals surface area contributed by atoms with Gasteiger partial charge in [-0.15, -0.1) is 14.8 Å². The number of nitrogens with zero attached hydrogens (tertiary/aromatic N) is 8. The molecule has 0 spiro atoms. The monoisotopic (exact) mass is 326 g/mol. The molecule has 124 valence electrons. The van der Waals surface area contributed by atoms with Crippen LogP contribution in [0.3, 0.4) is 0 Å². The predicted octanol–water partition coefficient (Wildman–Crippen LogP) is 0.432. The van der Waals surface area contributed by atoms with Gasteiger partial charge in [-0.05, 0) is 35.4 Å². The van der Waals surface area contributed by atoms with Crippen LogP contribution in [0.5, 0.6) is 0 Å². The maximum atomic E-state index is 4.41. The number of hydrogen-bond acceptors (Lipinski definition) is 9. The van der Waals surface area contributed by atoms with Crippen molar-refractivity contribution in [1.82, 2.24) is 35.2 Å². The van der Waals surface area contributed by atoms with Crippen molar-refractivity contribution >= 4 is 23.1 Å². The first-order chi connectivity index (χ1) is 11.8. The van der Waals surface area contributed by atoms with Crippen molar-refractivity contribution < 1.29 is 0 Å². The highest BCUT2D eigenvalue weighted by Gasteiger charge is 2.25. The van der Waals surface area contributed by atoms with Crippen LogP contribution < -0.4 is 15.5 Å². The van der Waals surface area contributed by atoms with Crippen molar-refractivity contribution in [2.45, 2.75) is 18.9 Å². The van der Waals surface area contributed by atoms with Gasteiger partial charge in [0.15, 0.2) is 5.65 Å². The second-order valence-corrected chi connectivity index (χ2v) is 5.63. The van der Waals surface area contributed by atoms with Crippen LogP contribution >= 0.6 is 0 Å². The number of fused-ring (bicyclic) bond motifs is 1. The quantitative estimate of drug-likeness (QED) is 0.690. The minimum Gasteiger partial charge on any atom is -0.373 e. The number of aromatic nitrogens is 7. The summed E-state index contributed by atoms with van der Waals surface area (Å²) in [6.07, 6.45) is 3.85. The Morgan fingerprint density at radius 3 is 3.12 bits per heavy atom. The van der Waals surface area contributed by atoms with Crippen LogP contribution in [0.2, 0.25) is 0 Å². The molecule has 3 aromatic rings. The van der Waals surface area contributed by atoms with E-state index in [1.807, 2.05) is 25.2 Å². The molecule has 24 heavy (non-hydrogen) atoms. The zero-order valence-electron chi connectivity index (χ0n) is 13.3. The molecule has 3 aromatic heterocycles. The Balaban J connectivity index is 1.46. The van der Waals surface area contributed by atoms with Gasteiger partial charge in [0.1, 0.15) is 23.8 Å². The average molecular weight is 326 g/mol. The van der Waals surface area contributed by atoms with Gasteiger partial charge in [0.05, 0.1) is 0 Å². The van der Waals surface area contributed by atoms with Gasteiger partial charge in [-0.2, -0.15) is 0 Å². The lowest BCUT2D eigenvalue weighted by Crippen LogP contribution is -2.35. The van der Waals surface area contributed by atoms with Gasteiger partial charge in [-0.1, -0.05) is 0 Å². The van der Waals surface area contributed by atoms with Crippen LogP contribution in [-0.2, 0) is 0 Å². The van der Waals surface area contributed by atoms with Crippen LogP contribution in [0.1, 0.15) is 12.8 Å². The van der Waals surface area contributed by atoms with Crippen LogP contribution in [0, 0.1) is 0 Å². The van der Waals surface area contributed by atoms with E-state index in [1.54, 1.807) is 6.33 Å². The fourth-order valence-corrected chi connectivity index (χ4v) is 2.96. The molecule has 0 aliphatic carbocycles. The third-order valence-electron chi connectivity index (χ3n) is 4.17. The van der Waals surface area contributed by atoms with E-state index < -0.39 is 0 Å². The first-order valence-corrected chi connectivity index (χ1v) is 7.89. The molecule has 4 rings (SSSR count). The minimum atomic E-state index is 0.357. The summed E-state index contributed by atoms with van der Waals surface area (Å²) in [5, 5.41) is 22.0. The molecule has 10 heteroatoms. The van der Waals surface area contributed by atoms with Gasteiger partial charge in [0, 0.05) is 32.2 Å². The molecule has 0 aromatic carbocycles. The van der Waals surface area contributed by atoms with Gasteiger partial charge in [0.25, 0.3) is 0 Å². The number of nitrogens with one attached hydrogen (secondary N) is 2. The summed E-state index contributed by atoms with van der Waals surface area (Å²) in [4.78, 5) is 10.9. The summed E-state index contributed by atoms with van der Waals surface area (Å²) in [6.45, 7) is 1.77. The molecule has 0 bridgehead atoms. The first-order valence-electron chi connectivity index (χ1n) is 7.89. The molecule has 0 saturated carbocycles. The molecule has 0 amide bonds. The van der Waals surface area contributed by atoms with E-state index in [0.717, 1.165) is 43.4 Å². The van der Waals surface area contributed by atoms with E-state index in [2.05, 4.69) is 46.1 Å². The van der Waals surface area contributed by atoms with E-state index in [-0.39, 0.29) is 0 Å². The van der Waals surface area contributed by atoms with E-state index in [1.165, 1.54) is 4.63 Å². The van der Waals surface area contributed by atoms with Gasteiger partial charge in [0.2, 0.25) is 0 Å². The lowest BCUT2D eigenvalue weighted by molar-refractivity contribution is 0.682. The zero-order chi connectivity index (χ0) is 16.4. The molecular formula is C14H18N10. The third kappa shape index (κ3) is 2.77. The molecule has 0 unspecified atom stereocenters. The SMILES string of the molecule is CNc1cc(N2CCC[C@H]2CNc2ccc3nnnn3n2)ncn1. The molecule has 0 radical (unpaired) electrons. The lowest BCUT2D eigenvalue weighted by atomic mass is 10.2. The number of anilines is 3. The number of rotatable bonds is 5. The highest BCUT2D eigenvalue weighted by molar-refractivity contribution is 5.50. The van der Waals surface area contributed by atoms with Crippen molar-refractivity contribution in [2.24, 2.45) is 0 Å². The Bertz CT molecular complexity index is 831. The number of tetrazole rings is 1. The molecule has 1 aliphatic rings. The van der Waals surface area contributed by atoms with Crippen molar-refractivity contribution in [3.05, 3.63) is 24.5 Å².